The van der Waals surface area contributed by atoms with Gasteiger partial charge >= 0.3 is 5.69 Å². The fourth-order valence-corrected chi connectivity index (χ4v) is 1.83. The molecule has 0 spiro atoms. The van der Waals surface area contributed by atoms with Crippen molar-refractivity contribution in [1.82, 2.24) is 5.43 Å². The fraction of sp³-hybridized carbons (Fsp3) is 0.125. The highest BCUT2D eigenvalue weighted by molar-refractivity contribution is 5.84. The molecule has 24 heavy (non-hydrogen) atoms. The highest BCUT2D eigenvalue weighted by Crippen LogP contribution is 2.25. The summed E-state index contributed by atoms with van der Waals surface area (Å²) in [7, 11) is 0. The number of hydrazone groups is 1. The lowest BCUT2D eigenvalue weighted by Crippen LogP contribution is -2.24. The Bertz CT molecular complexity index is 789. The summed E-state index contributed by atoms with van der Waals surface area (Å²) in [5.74, 6) is -0.336. The molecule has 1 amide bonds. The lowest BCUT2D eigenvalue weighted by atomic mass is 10.2. The molecule has 8 nitrogen and oxygen atoms in total. The van der Waals surface area contributed by atoms with E-state index in [0.717, 1.165) is 11.6 Å². The van der Waals surface area contributed by atoms with Gasteiger partial charge in [-0.25, -0.2) is 5.43 Å². The average molecular weight is 329 g/mol. The topological polar surface area (TPSA) is 114 Å². The summed E-state index contributed by atoms with van der Waals surface area (Å²) in [6.07, 6.45) is 1.23. The van der Waals surface area contributed by atoms with Crippen LogP contribution in [-0.2, 0) is 4.79 Å². The Hall–Kier alpha value is -3.42. The molecule has 0 aliphatic rings. The zero-order chi connectivity index (χ0) is 17.5. The van der Waals surface area contributed by atoms with E-state index in [1.165, 1.54) is 18.3 Å². The minimum absolute atomic E-state index is 0.212. The second-order valence-corrected chi connectivity index (χ2v) is 4.90. The normalized spacial score (nSPS) is 10.5. The molecule has 2 aromatic carbocycles. The number of phenolic OH excluding ortho intramolecular Hbond substituents is 1. The minimum Gasteiger partial charge on any atom is -0.502 e. The number of nitro benzene ring substituents is 1. The molecule has 0 saturated carbocycles. The molecule has 0 bridgehead atoms. The lowest BCUT2D eigenvalue weighted by molar-refractivity contribution is -0.385. The molecular formula is C16H15N3O5. The SMILES string of the molecule is Cc1cccc(OCC(=O)NN=Cc2ccc(O)c([N+](=O)[O-])c2)c1. The molecule has 0 aromatic heterocycles. The van der Waals surface area contributed by atoms with Gasteiger partial charge in [-0.3, -0.25) is 14.9 Å². The van der Waals surface area contributed by atoms with Crippen LogP contribution >= 0.6 is 0 Å². The Kier molecular flexibility index (Phi) is 5.45. The summed E-state index contributed by atoms with van der Waals surface area (Å²) in [4.78, 5) is 21.6. The van der Waals surface area contributed by atoms with Crippen LogP contribution in [0, 0.1) is 17.0 Å². The number of phenols is 1. The third-order valence-electron chi connectivity index (χ3n) is 2.96. The van der Waals surface area contributed by atoms with Gasteiger partial charge in [-0.2, -0.15) is 5.10 Å². The number of carbonyl (C=O) groups excluding carboxylic acids is 1. The summed E-state index contributed by atoms with van der Waals surface area (Å²) in [5.41, 5.74) is 3.19. The second kappa shape index (κ2) is 7.73. The molecule has 0 atom stereocenters. The monoisotopic (exact) mass is 329 g/mol. The molecule has 0 radical (unpaired) electrons. The smallest absolute Gasteiger partial charge is 0.311 e. The number of nitrogens with zero attached hydrogens (tertiary/aromatic N) is 2. The number of hydrogen-bond donors (Lipinski definition) is 2. The van der Waals surface area contributed by atoms with Gasteiger partial charge in [-0.05, 0) is 36.8 Å². The molecule has 0 saturated heterocycles. The Labute approximate surface area is 137 Å². The van der Waals surface area contributed by atoms with E-state index < -0.39 is 22.3 Å². The summed E-state index contributed by atoms with van der Waals surface area (Å²) in [6, 6.07) is 11.0. The Morgan fingerprint density at radius 2 is 2.17 bits per heavy atom. The number of hydrogen-bond acceptors (Lipinski definition) is 6. The first-order chi connectivity index (χ1) is 11.5. The number of ether oxygens (including phenoxy) is 1. The predicted molar refractivity (Wildman–Crippen MR) is 87.2 cm³/mol. The van der Waals surface area contributed by atoms with Crippen LogP contribution in [0.3, 0.4) is 0 Å². The average Bonchev–Trinajstić information content (AvgIpc) is 2.54. The van der Waals surface area contributed by atoms with Crippen molar-refractivity contribution in [2.75, 3.05) is 6.61 Å². The van der Waals surface area contributed by atoms with Crippen LogP contribution in [-0.4, -0.2) is 28.8 Å². The predicted octanol–water partition coefficient (Wildman–Crippen LogP) is 2.14. The van der Waals surface area contributed by atoms with Gasteiger partial charge in [-0.15, -0.1) is 0 Å². The summed E-state index contributed by atoms with van der Waals surface area (Å²) in [6.45, 7) is 1.70. The van der Waals surface area contributed by atoms with Gasteiger partial charge in [0.2, 0.25) is 0 Å². The quantitative estimate of drug-likeness (QED) is 0.479. The number of carbonyl (C=O) groups is 1. The third kappa shape index (κ3) is 4.80. The number of nitrogens with one attached hydrogen (secondary N) is 1. The number of nitro groups is 1. The Morgan fingerprint density at radius 3 is 2.88 bits per heavy atom. The van der Waals surface area contributed by atoms with E-state index in [-0.39, 0.29) is 6.61 Å². The van der Waals surface area contributed by atoms with Crippen molar-refractivity contribution >= 4 is 17.8 Å². The van der Waals surface area contributed by atoms with Crippen LogP contribution in [0.2, 0.25) is 0 Å². The van der Waals surface area contributed by atoms with Crippen LogP contribution in [0.15, 0.2) is 47.6 Å². The van der Waals surface area contributed by atoms with Gasteiger partial charge < -0.3 is 9.84 Å². The van der Waals surface area contributed by atoms with E-state index in [2.05, 4.69) is 10.5 Å². The maximum Gasteiger partial charge on any atom is 0.311 e. The van der Waals surface area contributed by atoms with Gasteiger partial charge in [0.05, 0.1) is 11.1 Å². The Morgan fingerprint density at radius 1 is 1.38 bits per heavy atom. The van der Waals surface area contributed by atoms with Crippen LogP contribution in [0.4, 0.5) is 5.69 Å². The molecule has 2 N–H and O–H groups in total. The van der Waals surface area contributed by atoms with Crippen LogP contribution in [0.1, 0.15) is 11.1 Å². The molecule has 0 aliphatic heterocycles. The number of aryl methyl sites for hydroxylation is 1. The standard InChI is InChI=1S/C16H15N3O5/c1-11-3-2-4-13(7-11)24-10-16(21)18-17-9-12-5-6-15(20)14(8-12)19(22)23/h2-9,20H,10H2,1H3,(H,18,21). The van der Waals surface area contributed by atoms with E-state index in [0.29, 0.717) is 11.3 Å². The molecule has 8 heteroatoms. The molecule has 0 unspecified atom stereocenters. The minimum atomic E-state index is -0.707. The number of amides is 1. The van der Waals surface area contributed by atoms with Gasteiger partial charge in [-0.1, -0.05) is 12.1 Å². The maximum absolute atomic E-state index is 11.6. The summed E-state index contributed by atoms with van der Waals surface area (Å²) >= 11 is 0. The van der Waals surface area contributed by atoms with Gasteiger partial charge in [0.1, 0.15) is 5.75 Å². The van der Waals surface area contributed by atoms with Crippen LogP contribution in [0.25, 0.3) is 0 Å². The van der Waals surface area contributed by atoms with Gasteiger partial charge in [0, 0.05) is 11.6 Å². The fourth-order valence-electron chi connectivity index (χ4n) is 1.83. The van der Waals surface area contributed by atoms with Crippen LogP contribution in [0.5, 0.6) is 11.5 Å². The molecule has 2 aromatic rings. The summed E-state index contributed by atoms with van der Waals surface area (Å²) < 4.78 is 5.31. The van der Waals surface area contributed by atoms with E-state index in [1.807, 2.05) is 19.1 Å². The first-order valence-electron chi connectivity index (χ1n) is 6.94. The number of benzene rings is 2. The first kappa shape index (κ1) is 16.9. The molecule has 0 heterocycles. The molecule has 2 rings (SSSR count). The van der Waals surface area contributed by atoms with Crippen molar-refractivity contribution in [2.45, 2.75) is 6.92 Å². The Balaban J connectivity index is 1.88. The largest absolute Gasteiger partial charge is 0.502 e. The van der Waals surface area contributed by atoms with E-state index >= 15 is 0 Å². The zero-order valence-electron chi connectivity index (χ0n) is 12.8. The zero-order valence-corrected chi connectivity index (χ0v) is 12.8. The molecular weight excluding hydrogens is 314 g/mol. The highest BCUT2D eigenvalue weighted by Gasteiger charge is 2.12. The van der Waals surface area contributed by atoms with Crippen molar-refractivity contribution in [2.24, 2.45) is 5.10 Å². The molecule has 0 aliphatic carbocycles. The highest BCUT2D eigenvalue weighted by atomic mass is 16.6. The maximum atomic E-state index is 11.6. The van der Waals surface area contributed by atoms with Crippen LogP contribution < -0.4 is 10.2 Å². The second-order valence-electron chi connectivity index (χ2n) is 4.90. The molecule has 124 valence electrons. The van der Waals surface area contributed by atoms with Gasteiger partial charge in [0.25, 0.3) is 5.91 Å². The van der Waals surface area contributed by atoms with Gasteiger partial charge in [0.15, 0.2) is 12.4 Å². The third-order valence-corrected chi connectivity index (χ3v) is 2.96. The van der Waals surface area contributed by atoms with Crippen molar-refractivity contribution in [3.63, 3.8) is 0 Å². The number of aromatic hydroxyl groups is 1. The number of rotatable bonds is 6. The van der Waals surface area contributed by atoms with Crippen molar-refractivity contribution in [3.8, 4) is 11.5 Å². The van der Waals surface area contributed by atoms with Crippen molar-refractivity contribution in [1.29, 1.82) is 0 Å². The van der Waals surface area contributed by atoms with Crippen molar-refractivity contribution in [3.05, 3.63) is 63.7 Å². The lowest BCUT2D eigenvalue weighted by Gasteiger charge is -2.05. The van der Waals surface area contributed by atoms with Crippen molar-refractivity contribution < 1.29 is 19.6 Å². The molecule has 0 fully saturated rings. The summed E-state index contributed by atoms with van der Waals surface area (Å²) in [5, 5.41) is 23.8. The van der Waals surface area contributed by atoms with E-state index in [4.69, 9.17) is 4.74 Å². The van der Waals surface area contributed by atoms with E-state index in [1.54, 1.807) is 12.1 Å². The van der Waals surface area contributed by atoms with E-state index in [9.17, 15) is 20.0 Å². The first-order valence-corrected chi connectivity index (χ1v) is 6.94.